The lowest BCUT2D eigenvalue weighted by atomic mass is 9.91. The highest BCUT2D eigenvalue weighted by atomic mass is 16.5. The van der Waals surface area contributed by atoms with Gasteiger partial charge in [-0.2, -0.15) is 0 Å². The van der Waals surface area contributed by atoms with E-state index < -0.39 is 0 Å². The van der Waals surface area contributed by atoms with E-state index in [1.807, 2.05) is 20.8 Å². The minimum Gasteiger partial charge on any atom is -0.505 e. The van der Waals surface area contributed by atoms with Gasteiger partial charge in [0.25, 0.3) is 6.47 Å². The van der Waals surface area contributed by atoms with Crippen LogP contribution in [0.5, 0.6) is 5.75 Å². The second-order valence-corrected chi connectivity index (χ2v) is 7.28. The number of aromatic nitrogens is 2. The van der Waals surface area contributed by atoms with Crippen LogP contribution in [-0.4, -0.2) is 45.3 Å². The molecular weight excluding hydrogens is 320 g/mol. The van der Waals surface area contributed by atoms with Crippen LogP contribution in [0.2, 0.25) is 0 Å². The van der Waals surface area contributed by atoms with Gasteiger partial charge in [0.05, 0.1) is 12.4 Å². The van der Waals surface area contributed by atoms with Crippen molar-refractivity contribution in [2.24, 2.45) is 0 Å². The predicted molar refractivity (Wildman–Crippen MR) is 98.5 cm³/mol. The zero-order valence-corrected chi connectivity index (χ0v) is 16.0. The Labute approximate surface area is 150 Å². The smallest absolute Gasteiger partial charge is 0.293 e. The third kappa shape index (κ3) is 8.67. The number of carbonyl (C=O) groups is 1. The number of anilines is 1. The van der Waals surface area contributed by atoms with Gasteiger partial charge in [0.15, 0.2) is 5.75 Å². The van der Waals surface area contributed by atoms with Crippen molar-refractivity contribution in [3.8, 4) is 5.75 Å². The largest absolute Gasteiger partial charge is 0.505 e. The molecule has 0 amide bonds. The maximum absolute atomic E-state index is 9.60. The van der Waals surface area contributed by atoms with Crippen LogP contribution >= 0.6 is 0 Å². The molecule has 1 fully saturated rings. The summed E-state index contributed by atoms with van der Waals surface area (Å²) in [6, 6.07) is 1.54. The highest BCUT2D eigenvalue weighted by molar-refractivity contribution is 5.37. The second-order valence-electron chi connectivity index (χ2n) is 7.28. The topological polar surface area (TPSA) is 96.4 Å². The number of nitrogens with zero attached hydrogens (tertiary/aromatic N) is 2. The van der Waals surface area contributed by atoms with Crippen molar-refractivity contribution in [3.05, 3.63) is 12.4 Å². The monoisotopic (exact) mass is 352 g/mol. The van der Waals surface area contributed by atoms with Gasteiger partial charge in [0.2, 0.25) is 5.95 Å². The fraction of sp³-hybridized carbons (Fsp3) is 0.722. The molecule has 0 bridgehead atoms. The molecule has 3 N–H and O–H groups in total. The molecule has 1 aromatic rings. The normalized spacial score (nSPS) is 23.2. The van der Waals surface area contributed by atoms with E-state index in [0.717, 1.165) is 25.7 Å². The van der Waals surface area contributed by atoms with Crippen LogP contribution in [0, 0.1) is 0 Å². The maximum atomic E-state index is 9.60. The molecular formula is C18H32N4O3. The maximum Gasteiger partial charge on any atom is 0.293 e. The summed E-state index contributed by atoms with van der Waals surface area (Å²) in [5.74, 6) is 0.702. The van der Waals surface area contributed by atoms with Crippen molar-refractivity contribution >= 4 is 12.4 Å². The molecule has 1 aliphatic heterocycles. The first kappa shape index (κ1) is 21.2. The average molecular weight is 352 g/mol. The SMILES string of the molecule is CC(C)(C)OC=O.CCC1CC(Nc2ncc(O)cn2)CC(CC)N1. The van der Waals surface area contributed by atoms with Crippen molar-refractivity contribution in [2.45, 2.75) is 84.0 Å². The standard InChI is InChI=1S/C13H22N4O.C5H10O2/c1-3-9-5-11(6-10(4-2)16-9)17-13-14-7-12(18)8-15-13;1-5(2,3)7-4-6/h7-11,16,18H,3-6H2,1-2H3,(H,14,15,17);4H,1-3H3. The lowest BCUT2D eigenvalue weighted by Gasteiger charge is -2.36. The Morgan fingerprint density at radius 1 is 1.24 bits per heavy atom. The van der Waals surface area contributed by atoms with E-state index >= 15 is 0 Å². The zero-order chi connectivity index (χ0) is 18.9. The number of carbonyl (C=O) groups excluding carboxylic acids is 1. The van der Waals surface area contributed by atoms with E-state index in [4.69, 9.17) is 5.11 Å². The zero-order valence-electron chi connectivity index (χ0n) is 16.0. The van der Waals surface area contributed by atoms with E-state index in [-0.39, 0.29) is 11.4 Å². The Morgan fingerprint density at radius 3 is 2.12 bits per heavy atom. The first-order chi connectivity index (χ1) is 11.8. The number of aromatic hydroxyl groups is 1. The molecule has 2 atom stereocenters. The van der Waals surface area contributed by atoms with E-state index in [0.29, 0.717) is 30.5 Å². The summed E-state index contributed by atoms with van der Waals surface area (Å²) in [6.45, 7) is 10.3. The van der Waals surface area contributed by atoms with Gasteiger partial charge in [-0.3, -0.25) is 4.79 Å². The number of rotatable bonds is 5. The van der Waals surface area contributed by atoms with Crippen LogP contribution < -0.4 is 10.6 Å². The molecule has 25 heavy (non-hydrogen) atoms. The highest BCUT2D eigenvalue weighted by Crippen LogP contribution is 2.20. The van der Waals surface area contributed by atoms with E-state index in [2.05, 4.69) is 39.2 Å². The Morgan fingerprint density at radius 2 is 1.76 bits per heavy atom. The fourth-order valence-corrected chi connectivity index (χ4v) is 2.66. The summed E-state index contributed by atoms with van der Waals surface area (Å²) in [7, 11) is 0. The quantitative estimate of drug-likeness (QED) is 0.701. The molecule has 1 aromatic heterocycles. The van der Waals surface area contributed by atoms with Gasteiger partial charge >= 0.3 is 0 Å². The Kier molecular flexibility index (Phi) is 8.61. The third-order valence-corrected chi connectivity index (χ3v) is 3.97. The van der Waals surface area contributed by atoms with Gasteiger partial charge in [-0.05, 0) is 46.5 Å². The first-order valence-corrected chi connectivity index (χ1v) is 8.92. The number of hydrogen-bond donors (Lipinski definition) is 3. The second kappa shape index (κ2) is 10.2. The number of hydrogen-bond acceptors (Lipinski definition) is 7. The fourth-order valence-electron chi connectivity index (χ4n) is 2.66. The Balaban J connectivity index is 0.000000381. The van der Waals surface area contributed by atoms with Crippen molar-refractivity contribution < 1.29 is 14.6 Å². The first-order valence-electron chi connectivity index (χ1n) is 8.92. The molecule has 1 aliphatic rings. The Bertz CT molecular complexity index is 490. The van der Waals surface area contributed by atoms with Crippen molar-refractivity contribution in [1.82, 2.24) is 15.3 Å². The molecule has 2 heterocycles. The van der Waals surface area contributed by atoms with Crippen LogP contribution in [0.3, 0.4) is 0 Å². The molecule has 1 saturated heterocycles. The van der Waals surface area contributed by atoms with Gasteiger partial charge in [-0.1, -0.05) is 13.8 Å². The Hall–Kier alpha value is -1.89. The molecule has 0 aromatic carbocycles. The van der Waals surface area contributed by atoms with Gasteiger partial charge in [0, 0.05) is 18.1 Å². The number of nitrogens with one attached hydrogen (secondary N) is 2. The lowest BCUT2D eigenvalue weighted by Crippen LogP contribution is -2.49. The van der Waals surface area contributed by atoms with Crippen molar-refractivity contribution in [3.63, 3.8) is 0 Å². The summed E-state index contributed by atoms with van der Waals surface area (Å²) in [6.07, 6.45) is 7.32. The summed E-state index contributed by atoms with van der Waals surface area (Å²) >= 11 is 0. The van der Waals surface area contributed by atoms with Crippen LogP contribution in [0.15, 0.2) is 12.4 Å². The summed E-state index contributed by atoms with van der Waals surface area (Å²) in [5.41, 5.74) is -0.318. The minimum atomic E-state index is -0.318. The molecule has 7 nitrogen and oxygen atoms in total. The molecule has 0 saturated carbocycles. The summed E-state index contributed by atoms with van der Waals surface area (Å²) in [5, 5.41) is 16.2. The molecule has 0 aliphatic carbocycles. The number of piperidine rings is 1. The minimum absolute atomic E-state index is 0.101. The van der Waals surface area contributed by atoms with Gasteiger partial charge < -0.3 is 20.5 Å². The molecule has 2 unspecified atom stereocenters. The summed E-state index contributed by atoms with van der Waals surface area (Å²) < 4.78 is 4.55. The van der Waals surface area contributed by atoms with E-state index in [9.17, 15) is 4.79 Å². The average Bonchev–Trinajstić information content (AvgIpc) is 2.56. The van der Waals surface area contributed by atoms with E-state index in [1.54, 1.807) is 0 Å². The van der Waals surface area contributed by atoms with Crippen LogP contribution in [0.1, 0.15) is 60.3 Å². The van der Waals surface area contributed by atoms with Crippen LogP contribution in [0.25, 0.3) is 0 Å². The van der Waals surface area contributed by atoms with Crippen LogP contribution in [0.4, 0.5) is 5.95 Å². The van der Waals surface area contributed by atoms with Gasteiger partial charge in [0.1, 0.15) is 5.60 Å². The van der Waals surface area contributed by atoms with Crippen molar-refractivity contribution in [1.29, 1.82) is 0 Å². The molecule has 142 valence electrons. The number of ether oxygens (including phenoxy) is 1. The predicted octanol–water partition coefficient (Wildman–Crippen LogP) is 2.86. The molecule has 7 heteroatoms. The molecule has 2 rings (SSSR count). The lowest BCUT2D eigenvalue weighted by molar-refractivity contribution is -0.138. The van der Waals surface area contributed by atoms with Crippen molar-refractivity contribution in [2.75, 3.05) is 5.32 Å². The highest BCUT2D eigenvalue weighted by Gasteiger charge is 2.26. The van der Waals surface area contributed by atoms with Gasteiger partial charge in [-0.25, -0.2) is 9.97 Å². The third-order valence-electron chi connectivity index (χ3n) is 3.97. The van der Waals surface area contributed by atoms with E-state index in [1.165, 1.54) is 12.4 Å². The molecule has 0 spiro atoms. The van der Waals surface area contributed by atoms with Crippen LogP contribution in [-0.2, 0) is 9.53 Å². The molecule has 0 radical (unpaired) electrons. The van der Waals surface area contributed by atoms with Gasteiger partial charge in [-0.15, -0.1) is 0 Å². The summed E-state index contributed by atoms with van der Waals surface area (Å²) in [4.78, 5) is 17.8.